The number of thioether (sulfide) groups is 1. The lowest BCUT2D eigenvalue weighted by Crippen LogP contribution is -2.39. The minimum atomic E-state index is -0.214. The van der Waals surface area contributed by atoms with Crippen LogP contribution in [0.5, 0.6) is 0 Å². The van der Waals surface area contributed by atoms with Crippen molar-refractivity contribution < 1.29 is 9.18 Å². The van der Waals surface area contributed by atoms with Gasteiger partial charge in [-0.15, -0.1) is 5.10 Å². The van der Waals surface area contributed by atoms with Crippen LogP contribution in [0.4, 0.5) is 4.39 Å². The van der Waals surface area contributed by atoms with Crippen molar-refractivity contribution in [3.8, 4) is 0 Å². The minimum absolute atomic E-state index is 0.0115. The quantitative estimate of drug-likeness (QED) is 0.874. The van der Waals surface area contributed by atoms with Gasteiger partial charge in [0.05, 0.1) is 6.04 Å². The molecule has 0 bridgehead atoms. The third-order valence-corrected chi connectivity index (χ3v) is 4.94. The van der Waals surface area contributed by atoms with Gasteiger partial charge in [-0.2, -0.15) is 0 Å². The van der Waals surface area contributed by atoms with Crippen molar-refractivity contribution in [2.45, 2.75) is 37.9 Å². The average molecular weight is 334 g/mol. The fourth-order valence-corrected chi connectivity index (χ4v) is 3.67. The first-order valence-electron chi connectivity index (χ1n) is 7.64. The van der Waals surface area contributed by atoms with Gasteiger partial charge in [-0.05, 0) is 43.5 Å². The molecule has 0 aliphatic carbocycles. The number of H-pyrrole nitrogens is 1. The molecule has 1 unspecified atom stereocenters. The molecule has 0 saturated heterocycles. The van der Waals surface area contributed by atoms with Gasteiger partial charge in [0.2, 0.25) is 11.1 Å². The highest BCUT2D eigenvalue weighted by Gasteiger charge is 2.27. The summed E-state index contributed by atoms with van der Waals surface area (Å²) in [6, 6.07) is 4.82. The van der Waals surface area contributed by atoms with E-state index in [1.165, 1.54) is 17.8 Å². The molecule has 0 radical (unpaired) electrons. The summed E-state index contributed by atoms with van der Waals surface area (Å²) in [6.45, 7) is 4.48. The Kier molecular flexibility index (Phi) is 4.66. The maximum absolute atomic E-state index is 13.3. The van der Waals surface area contributed by atoms with E-state index in [9.17, 15) is 9.18 Å². The molecule has 1 atom stereocenters. The summed E-state index contributed by atoms with van der Waals surface area (Å²) >= 11 is 1.47. The summed E-state index contributed by atoms with van der Waals surface area (Å²) in [6.07, 6.45) is 1.15. The lowest BCUT2D eigenvalue weighted by Gasteiger charge is -2.35. The normalized spacial score (nSPS) is 17.2. The van der Waals surface area contributed by atoms with Crippen molar-refractivity contribution in [2.24, 2.45) is 0 Å². The van der Waals surface area contributed by atoms with Gasteiger partial charge in [-0.1, -0.05) is 17.8 Å². The molecule has 1 N–H and O–H groups in total. The van der Waals surface area contributed by atoms with E-state index in [-0.39, 0.29) is 17.8 Å². The highest BCUT2D eigenvalue weighted by molar-refractivity contribution is 7.99. The largest absolute Gasteiger partial charge is 0.336 e. The number of hydrogen-bond acceptors (Lipinski definition) is 4. The van der Waals surface area contributed by atoms with Gasteiger partial charge in [0.25, 0.3) is 0 Å². The number of aryl methyl sites for hydroxylation is 1. The fraction of sp³-hybridized carbons (Fsp3) is 0.438. The number of hydrogen-bond donors (Lipinski definition) is 1. The van der Waals surface area contributed by atoms with E-state index in [2.05, 4.69) is 15.2 Å². The summed E-state index contributed by atoms with van der Waals surface area (Å²) in [5.74, 6) is 1.32. The Morgan fingerprint density at radius 1 is 1.52 bits per heavy atom. The van der Waals surface area contributed by atoms with Crippen molar-refractivity contribution in [3.05, 3.63) is 41.0 Å². The molecule has 122 valence electrons. The first-order valence-corrected chi connectivity index (χ1v) is 8.63. The van der Waals surface area contributed by atoms with Gasteiger partial charge < -0.3 is 4.90 Å². The van der Waals surface area contributed by atoms with Crippen molar-refractivity contribution in [1.82, 2.24) is 20.1 Å². The first-order chi connectivity index (χ1) is 11.0. The van der Waals surface area contributed by atoms with Gasteiger partial charge in [0.1, 0.15) is 11.6 Å². The Morgan fingerprint density at radius 2 is 2.35 bits per heavy atom. The van der Waals surface area contributed by atoms with Crippen LogP contribution in [-0.2, 0) is 11.2 Å². The lowest BCUT2D eigenvalue weighted by atomic mass is 9.93. The van der Waals surface area contributed by atoms with Crippen LogP contribution in [0, 0.1) is 12.7 Å². The highest BCUT2D eigenvalue weighted by Crippen LogP contribution is 2.30. The zero-order valence-corrected chi connectivity index (χ0v) is 14.0. The third-order valence-electron chi connectivity index (χ3n) is 4.09. The van der Waals surface area contributed by atoms with Crippen LogP contribution in [0.1, 0.15) is 36.3 Å². The molecule has 3 rings (SSSR count). The van der Waals surface area contributed by atoms with Crippen molar-refractivity contribution in [1.29, 1.82) is 0 Å². The molecule has 0 spiro atoms. The van der Waals surface area contributed by atoms with E-state index in [1.54, 1.807) is 12.1 Å². The van der Waals surface area contributed by atoms with Gasteiger partial charge in [-0.3, -0.25) is 9.89 Å². The van der Waals surface area contributed by atoms with Gasteiger partial charge in [0.15, 0.2) is 0 Å². The summed E-state index contributed by atoms with van der Waals surface area (Å²) < 4.78 is 13.3. The predicted molar refractivity (Wildman–Crippen MR) is 86.7 cm³/mol. The molecule has 7 heteroatoms. The van der Waals surface area contributed by atoms with Gasteiger partial charge in [0, 0.05) is 18.7 Å². The Labute approximate surface area is 138 Å². The standard InChI is InChI=1S/C16H19FN4OS/c1-10-14-4-3-13(17)9-12(14)5-7-21(10)15(22)6-8-23-16-18-11(2)19-20-16/h3-4,9-10H,5-8H2,1-2H3,(H,18,19,20). The zero-order valence-electron chi connectivity index (χ0n) is 13.2. The van der Waals surface area contributed by atoms with Crippen LogP contribution in [0.3, 0.4) is 0 Å². The molecule has 0 saturated carbocycles. The van der Waals surface area contributed by atoms with Crippen LogP contribution < -0.4 is 0 Å². The maximum atomic E-state index is 13.3. The molecule has 1 aromatic heterocycles. The smallest absolute Gasteiger partial charge is 0.223 e. The second-order valence-corrected chi connectivity index (χ2v) is 6.72. The monoisotopic (exact) mass is 334 g/mol. The van der Waals surface area contributed by atoms with E-state index >= 15 is 0 Å². The number of rotatable bonds is 4. The number of carbonyl (C=O) groups is 1. The predicted octanol–water partition coefficient (Wildman–Crippen LogP) is 2.88. The van der Waals surface area contributed by atoms with E-state index < -0.39 is 0 Å². The van der Waals surface area contributed by atoms with Crippen LogP contribution in [0.25, 0.3) is 0 Å². The van der Waals surface area contributed by atoms with Crippen molar-refractivity contribution >= 4 is 17.7 Å². The molecule has 0 fully saturated rings. The second-order valence-electron chi connectivity index (χ2n) is 5.66. The van der Waals surface area contributed by atoms with E-state index in [0.29, 0.717) is 30.3 Å². The molecular formula is C16H19FN4OS. The van der Waals surface area contributed by atoms with E-state index in [4.69, 9.17) is 0 Å². The van der Waals surface area contributed by atoms with E-state index in [0.717, 1.165) is 17.0 Å². The minimum Gasteiger partial charge on any atom is -0.336 e. The van der Waals surface area contributed by atoms with Gasteiger partial charge >= 0.3 is 0 Å². The number of aromatic amines is 1. The molecule has 2 aromatic rings. The fourth-order valence-electron chi connectivity index (χ4n) is 2.90. The van der Waals surface area contributed by atoms with Crippen LogP contribution in [0.15, 0.2) is 23.4 Å². The average Bonchev–Trinajstić information content (AvgIpc) is 2.92. The Balaban J connectivity index is 1.58. The molecule has 1 amide bonds. The number of halogens is 1. The molecule has 1 aliphatic rings. The summed E-state index contributed by atoms with van der Waals surface area (Å²) in [5, 5.41) is 7.50. The molecule has 1 aliphatic heterocycles. The van der Waals surface area contributed by atoms with E-state index in [1.807, 2.05) is 18.7 Å². The number of aromatic nitrogens is 3. The number of benzene rings is 1. The summed E-state index contributed by atoms with van der Waals surface area (Å²) in [7, 11) is 0. The zero-order chi connectivity index (χ0) is 16.4. The molecule has 2 heterocycles. The Morgan fingerprint density at radius 3 is 3.09 bits per heavy atom. The second kappa shape index (κ2) is 6.70. The number of nitrogens with zero attached hydrogens (tertiary/aromatic N) is 3. The number of amides is 1. The van der Waals surface area contributed by atoms with Gasteiger partial charge in [-0.25, -0.2) is 9.37 Å². The number of fused-ring (bicyclic) bond motifs is 1. The maximum Gasteiger partial charge on any atom is 0.223 e. The Bertz CT molecular complexity index is 718. The lowest BCUT2D eigenvalue weighted by molar-refractivity contribution is -0.133. The molecular weight excluding hydrogens is 315 g/mol. The molecule has 1 aromatic carbocycles. The SMILES string of the molecule is Cc1nc(SCCC(=O)N2CCc3cc(F)ccc3C2C)n[nH]1. The van der Waals surface area contributed by atoms with Crippen LogP contribution in [0.2, 0.25) is 0 Å². The third kappa shape index (κ3) is 3.55. The molecule has 23 heavy (non-hydrogen) atoms. The highest BCUT2D eigenvalue weighted by atomic mass is 32.2. The topological polar surface area (TPSA) is 61.9 Å². The molecule has 5 nitrogen and oxygen atoms in total. The first kappa shape index (κ1) is 16.0. The summed E-state index contributed by atoms with van der Waals surface area (Å²) in [5.41, 5.74) is 2.05. The number of nitrogens with one attached hydrogen (secondary N) is 1. The van der Waals surface area contributed by atoms with Crippen molar-refractivity contribution in [2.75, 3.05) is 12.3 Å². The summed E-state index contributed by atoms with van der Waals surface area (Å²) in [4.78, 5) is 18.6. The van der Waals surface area contributed by atoms with Crippen molar-refractivity contribution in [3.63, 3.8) is 0 Å². The number of carbonyl (C=O) groups excluding carboxylic acids is 1. The van der Waals surface area contributed by atoms with Crippen LogP contribution >= 0.6 is 11.8 Å². The van der Waals surface area contributed by atoms with Crippen LogP contribution in [-0.4, -0.2) is 38.3 Å². The Hall–Kier alpha value is -1.89.